The normalized spacial score (nSPS) is 24.0. The summed E-state index contributed by atoms with van der Waals surface area (Å²) in [6.45, 7) is 1.84. The fourth-order valence-electron chi connectivity index (χ4n) is 3.11. The topological polar surface area (TPSA) is 101 Å². The molecule has 0 spiro atoms. The molecule has 24 heavy (non-hydrogen) atoms. The number of fused-ring (bicyclic) bond motifs is 1. The van der Waals surface area contributed by atoms with Crippen molar-refractivity contribution in [3.05, 3.63) is 28.1 Å². The maximum Gasteiger partial charge on any atom is 0.329 e. The molecular formula is C16H19N3O4S. The van der Waals surface area contributed by atoms with Crippen molar-refractivity contribution < 1.29 is 14.7 Å². The first-order chi connectivity index (χ1) is 11.4. The molecule has 0 unspecified atom stereocenters. The van der Waals surface area contributed by atoms with Crippen LogP contribution in [0.1, 0.15) is 32.6 Å². The second-order valence-electron chi connectivity index (χ2n) is 6.44. The van der Waals surface area contributed by atoms with Crippen LogP contribution < -0.4 is 10.9 Å². The highest BCUT2D eigenvalue weighted by atomic mass is 32.1. The van der Waals surface area contributed by atoms with E-state index in [9.17, 15) is 19.5 Å². The van der Waals surface area contributed by atoms with Gasteiger partial charge in [-0.25, -0.2) is 9.78 Å². The number of aromatic nitrogens is 2. The van der Waals surface area contributed by atoms with Crippen molar-refractivity contribution in [1.82, 2.24) is 14.9 Å². The van der Waals surface area contributed by atoms with E-state index in [1.54, 1.807) is 11.4 Å². The van der Waals surface area contributed by atoms with E-state index < -0.39 is 17.4 Å². The van der Waals surface area contributed by atoms with Crippen LogP contribution in [0.3, 0.4) is 0 Å². The van der Waals surface area contributed by atoms with Crippen LogP contribution in [-0.4, -0.2) is 32.1 Å². The van der Waals surface area contributed by atoms with E-state index in [0.29, 0.717) is 29.0 Å². The lowest BCUT2D eigenvalue weighted by molar-refractivity contribution is -0.149. The molecule has 0 aliphatic heterocycles. The summed E-state index contributed by atoms with van der Waals surface area (Å²) >= 11 is 1.36. The third-order valence-electron chi connectivity index (χ3n) is 4.68. The van der Waals surface area contributed by atoms with E-state index >= 15 is 0 Å². The van der Waals surface area contributed by atoms with Gasteiger partial charge in [0.1, 0.15) is 16.9 Å². The quantitative estimate of drug-likeness (QED) is 0.873. The predicted octanol–water partition coefficient (Wildman–Crippen LogP) is 1.61. The van der Waals surface area contributed by atoms with Gasteiger partial charge < -0.3 is 10.4 Å². The summed E-state index contributed by atoms with van der Waals surface area (Å²) in [6, 6.07) is 1.67. The lowest BCUT2D eigenvalue weighted by Crippen LogP contribution is -2.57. The monoisotopic (exact) mass is 349 g/mol. The molecule has 0 saturated heterocycles. The van der Waals surface area contributed by atoms with Gasteiger partial charge in [-0.2, -0.15) is 0 Å². The van der Waals surface area contributed by atoms with Gasteiger partial charge in [0.05, 0.1) is 11.7 Å². The molecule has 7 nitrogen and oxygen atoms in total. The van der Waals surface area contributed by atoms with Gasteiger partial charge in [0.15, 0.2) is 0 Å². The molecule has 0 bridgehead atoms. The minimum absolute atomic E-state index is 0.234. The number of rotatable bonds is 4. The number of hydrogen-bond donors (Lipinski definition) is 2. The third kappa shape index (κ3) is 3.06. The number of carboxylic acids is 1. The number of carboxylic acid groups (broad SMARTS) is 1. The number of nitrogens with zero attached hydrogens (tertiary/aromatic N) is 2. The van der Waals surface area contributed by atoms with Crippen LogP contribution in [0.2, 0.25) is 0 Å². The molecule has 1 amide bonds. The summed E-state index contributed by atoms with van der Waals surface area (Å²) in [5.74, 6) is -1.03. The summed E-state index contributed by atoms with van der Waals surface area (Å²) in [5, 5.41) is 14.4. The first kappa shape index (κ1) is 16.6. The summed E-state index contributed by atoms with van der Waals surface area (Å²) in [4.78, 5) is 41.1. The average Bonchev–Trinajstić information content (AvgIpc) is 3.02. The molecular weight excluding hydrogens is 330 g/mol. The molecule has 1 aliphatic rings. The number of amides is 1. The lowest BCUT2D eigenvalue weighted by Gasteiger charge is -2.36. The molecule has 2 N–H and O–H groups in total. The van der Waals surface area contributed by atoms with Crippen molar-refractivity contribution in [3.8, 4) is 0 Å². The minimum Gasteiger partial charge on any atom is -0.480 e. The van der Waals surface area contributed by atoms with Gasteiger partial charge in [0.25, 0.3) is 5.56 Å². The van der Waals surface area contributed by atoms with E-state index in [0.717, 1.165) is 12.8 Å². The highest BCUT2D eigenvalue weighted by Crippen LogP contribution is 2.32. The molecule has 0 aromatic carbocycles. The highest BCUT2D eigenvalue weighted by Gasteiger charge is 2.42. The van der Waals surface area contributed by atoms with Crippen LogP contribution in [0.5, 0.6) is 0 Å². The molecule has 1 fully saturated rings. The Balaban J connectivity index is 1.77. The van der Waals surface area contributed by atoms with Crippen LogP contribution in [0.15, 0.2) is 22.6 Å². The second-order valence-corrected chi connectivity index (χ2v) is 7.33. The summed E-state index contributed by atoms with van der Waals surface area (Å²) in [5.41, 5.74) is -1.52. The lowest BCUT2D eigenvalue weighted by atomic mass is 9.77. The average molecular weight is 349 g/mol. The molecule has 2 heterocycles. The maximum atomic E-state index is 12.3. The van der Waals surface area contributed by atoms with Crippen molar-refractivity contribution in [2.45, 2.75) is 44.7 Å². The van der Waals surface area contributed by atoms with Crippen molar-refractivity contribution in [3.63, 3.8) is 0 Å². The summed E-state index contributed by atoms with van der Waals surface area (Å²) in [7, 11) is 0. The molecule has 1 saturated carbocycles. The van der Waals surface area contributed by atoms with Gasteiger partial charge in [0.2, 0.25) is 5.91 Å². The number of nitrogens with one attached hydrogen (secondary N) is 1. The standard InChI is InChI=1S/C16H19N3O4S/c1-10-2-5-16(6-3-10,15(22)23)18-12(20)8-19-9-17-13-11(14(19)21)4-7-24-13/h4,7,9-10H,2-3,5-6,8H2,1H3,(H,18,20)(H,22,23). The largest absolute Gasteiger partial charge is 0.480 e. The van der Waals surface area contributed by atoms with Gasteiger partial charge in [-0.3, -0.25) is 14.2 Å². The van der Waals surface area contributed by atoms with Crippen LogP contribution in [-0.2, 0) is 16.1 Å². The van der Waals surface area contributed by atoms with Gasteiger partial charge in [0, 0.05) is 0 Å². The Morgan fingerprint density at radius 3 is 2.83 bits per heavy atom. The van der Waals surface area contributed by atoms with Crippen LogP contribution in [0, 0.1) is 5.92 Å². The smallest absolute Gasteiger partial charge is 0.329 e. The second kappa shape index (κ2) is 6.35. The zero-order valence-corrected chi connectivity index (χ0v) is 14.1. The van der Waals surface area contributed by atoms with E-state index in [2.05, 4.69) is 17.2 Å². The van der Waals surface area contributed by atoms with Gasteiger partial charge >= 0.3 is 5.97 Å². The van der Waals surface area contributed by atoms with E-state index in [4.69, 9.17) is 0 Å². The minimum atomic E-state index is -1.23. The Kier molecular flexibility index (Phi) is 4.40. The Morgan fingerprint density at radius 2 is 2.17 bits per heavy atom. The Hall–Kier alpha value is -2.22. The number of carbonyl (C=O) groups is 2. The number of carbonyl (C=O) groups excluding carboxylic acids is 1. The van der Waals surface area contributed by atoms with Crippen molar-refractivity contribution in [2.24, 2.45) is 5.92 Å². The SMILES string of the molecule is CC1CCC(NC(=O)Cn2cnc3sccc3c2=O)(C(=O)O)CC1. The zero-order valence-electron chi connectivity index (χ0n) is 13.3. The molecule has 128 valence electrons. The van der Waals surface area contributed by atoms with Gasteiger partial charge in [-0.1, -0.05) is 6.92 Å². The Bertz CT molecular complexity index is 833. The molecule has 1 aliphatic carbocycles. The fourth-order valence-corrected chi connectivity index (χ4v) is 3.84. The molecule has 3 rings (SSSR count). The fraction of sp³-hybridized carbons (Fsp3) is 0.500. The number of thiophene rings is 1. The molecule has 0 atom stereocenters. The molecule has 0 radical (unpaired) electrons. The predicted molar refractivity (Wildman–Crippen MR) is 90.0 cm³/mol. The highest BCUT2D eigenvalue weighted by molar-refractivity contribution is 7.16. The molecule has 8 heteroatoms. The van der Waals surface area contributed by atoms with Crippen LogP contribution >= 0.6 is 11.3 Å². The van der Waals surface area contributed by atoms with Crippen LogP contribution in [0.25, 0.3) is 10.2 Å². The van der Waals surface area contributed by atoms with Gasteiger partial charge in [-0.15, -0.1) is 11.3 Å². The Morgan fingerprint density at radius 1 is 1.46 bits per heavy atom. The van der Waals surface area contributed by atoms with Crippen molar-refractivity contribution in [2.75, 3.05) is 0 Å². The summed E-state index contributed by atoms with van der Waals surface area (Å²) in [6.07, 6.45) is 3.67. The first-order valence-electron chi connectivity index (χ1n) is 7.88. The number of hydrogen-bond acceptors (Lipinski definition) is 5. The van der Waals surface area contributed by atoms with E-state index in [1.807, 2.05) is 0 Å². The number of aliphatic carboxylic acids is 1. The summed E-state index contributed by atoms with van der Waals surface area (Å²) < 4.78 is 1.21. The van der Waals surface area contributed by atoms with Gasteiger partial charge in [-0.05, 0) is 43.0 Å². The Labute approximate surface area is 142 Å². The molecule has 2 aromatic heterocycles. The maximum absolute atomic E-state index is 12.3. The van der Waals surface area contributed by atoms with Crippen LogP contribution in [0.4, 0.5) is 0 Å². The zero-order chi connectivity index (χ0) is 17.3. The van der Waals surface area contributed by atoms with E-state index in [-0.39, 0.29) is 12.1 Å². The van der Waals surface area contributed by atoms with Crippen molar-refractivity contribution in [1.29, 1.82) is 0 Å². The third-order valence-corrected chi connectivity index (χ3v) is 5.50. The first-order valence-corrected chi connectivity index (χ1v) is 8.76. The van der Waals surface area contributed by atoms with E-state index in [1.165, 1.54) is 22.2 Å². The van der Waals surface area contributed by atoms with Crippen molar-refractivity contribution >= 4 is 33.4 Å². The molecule has 2 aromatic rings.